The standard InChI is InChI=1S/C13H12BrN3O3/c14-11-5-10(6-12(7-11)17(19)20)13(18)16-3-1-9(8-15)2-4-16/h5-7,9H,1-4H2. The van der Waals surface area contributed by atoms with Gasteiger partial charge in [-0.2, -0.15) is 5.26 Å². The van der Waals surface area contributed by atoms with Crippen LogP contribution in [0, 0.1) is 27.4 Å². The molecule has 104 valence electrons. The third-order valence-corrected chi connectivity index (χ3v) is 3.76. The Morgan fingerprint density at radius 3 is 2.60 bits per heavy atom. The van der Waals surface area contributed by atoms with E-state index >= 15 is 0 Å². The lowest BCUT2D eigenvalue weighted by Gasteiger charge is -2.29. The molecule has 1 aromatic carbocycles. The average molecular weight is 338 g/mol. The summed E-state index contributed by atoms with van der Waals surface area (Å²) < 4.78 is 0.502. The molecule has 1 aliphatic rings. The number of carbonyl (C=O) groups excluding carboxylic acids is 1. The number of nitro groups is 1. The minimum absolute atomic E-state index is 0.00380. The van der Waals surface area contributed by atoms with Crippen LogP contribution in [0.1, 0.15) is 23.2 Å². The van der Waals surface area contributed by atoms with E-state index in [2.05, 4.69) is 22.0 Å². The van der Waals surface area contributed by atoms with Crippen LogP contribution in [0.3, 0.4) is 0 Å². The molecular formula is C13H12BrN3O3. The Labute approximate surface area is 124 Å². The number of nitriles is 1. The molecule has 0 radical (unpaired) electrons. The number of non-ortho nitro benzene ring substituents is 1. The fraction of sp³-hybridized carbons (Fsp3) is 0.385. The molecule has 0 spiro atoms. The van der Waals surface area contributed by atoms with Crippen LogP contribution in [0.25, 0.3) is 0 Å². The number of piperidine rings is 1. The highest BCUT2D eigenvalue weighted by molar-refractivity contribution is 9.10. The first-order valence-corrected chi connectivity index (χ1v) is 6.94. The summed E-state index contributed by atoms with van der Waals surface area (Å²) in [6.45, 7) is 1.02. The first-order chi connectivity index (χ1) is 9.51. The van der Waals surface area contributed by atoms with E-state index in [0.717, 1.165) is 0 Å². The van der Waals surface area contributed by atoms with Gasteiger partial charge in [-0.25, -0.2) is 0 Å². The summed E-state index contributed by atoms with van der Waals surface area (Å²) in [5, 5.41) is 19.6. The van der Waals surface area contributed by atoms with E-state index < -0.39 is 4.92 Å². The molecule has 7 heteroatoms. The normalized spacial score (nSPS) is 15.7. The second kappa shape index (κ2) is 6.01. The van der Waals surface area contributed by atoms with Gasteiger partial charge in [0, 0.05) is 41.2 Å². The Morgan fingerprint density at radius 2 is 2.05 bits per heavy atom. The van der Waals surface area contributed by atoms with Gasteiger partial charge in [0.1, 0.15) is 0 Å². The first-order valence-electron chi connectivity index (χ1n) is 6.15. The number of halogens is 1. The zero-order valence-corrected chi connectivity index (χ0v) is 12.2. The summed E-state index contributed by atoms with van der Waals surface area (Å²) in [5.74, 6) is -0.235. The third-order valence-electron chi connectivity index (χ3n) is 3.31. The van der Waals surface area contributed by atoms with Crippen LogP contribution in [-0.4, -0.2) is 28.8 Å². The number of nitrogens with zero attached hydrogens (tertiary/aromatic N) is 3. The van der Waals surface area contributed by atoms with Crippen molar-refractivity contribution >= 4 is 27.5 Å². The van der Waals surface area contributed by atoms with Crippen molar-refractivity contribution in [1.82, 2.24) is 4.90 Å². The molecule has 2 rings (SSSR count). The number of amides is 1. The molecule has 1 aliphatic heterocycles. The zero-order chi connectivity index (χ0) is 14.7. The lowest BCUT2D eigenvalue weighted by atomic mass is 9.98. The molecular weight excluding hydrogens is 326 g/mol. The summed E-state index contributed by atoms with van der Waals surface area (Å²) in [4.78, 5) is 24.2. The molecule has 0 aromatic heterocycles. The molecule has 0 N–H and O–H groups in total. The Balaban J connectivity index is 2.18. The molecule has 1 aromatic rings. The predicted octanol–water partition coefficient (Wildman–Crippen LogP) is 2.73. The van der Waals surface area contributed by atoms with Gasteiger partial charge in [0.05, 0.1) is 11.0 Å². The van der Waals surface area contributed by atoms with E-state index in [-0.39, 0.29) is 17.5 Å². The molecule has 6 nitrogen and oxygen atoms in total. The minimum Gasteiger partial charge on any atom is -0.339 e. The van der Waals surface area contributed by atoms with Gasteiger partial charge in [-0.3, -0.25) is 14.9 Å². The highest BCUT2D eigenvalue weighted by Gasteiger charge is 2.24. The van der Waals surface area contributed by atoms with Crippen molar-refractivity contribution in [3.63, 3.8) is 0 Å². The number of likely N-dealkylation sites (tertiary alicyclic amines) is 1. The number of nitro benzene ring substituents is 1. The monoisotopic (exact) mass is 337 g/mol. The smallest absolute Gasteiger partial charge is 0.271 e. The third kappa shape index (κ3) is 3.14. The van der Waals surface area contributed by atoms with Crippen LogP contribution in [0.15, 0.2) is 22.7 Å². The maximum absolute atomic E-state index is 12.3. The molecule has 1 amide bonds. The maximum atomic E-state index is 12.3. The van der Waals surface area contributed by atoms with Crippen molar-refractivity contribution in [3.05, 3.63) is 38.3 Å². The first kappa shape index (κ1) is 14.5. The molecule has 0 bridgehead atoms. The van der Waals surface area contributed by atoms with Crippen LogP contribution in [0.5, 0.6) is 0 Å². The van der Waals surface area contributed by atoms with Crippen molar-refractivity contribution < 1.29 is 9.72 Å². The molecule has 0 unspecified atom stereocenters. The topological polar surface area (TPSA) is 87.2 Å². The summed E-state index contributed by atoms with van der Waals surface area (Å²) >= 11 is 3.18. The van der Waals surface area contributed by atoms with E-state index in [1.54, 1.807) is 11.0 Å². The van der Waals surface area contributed by atoms with Crippen LogP contribution in [-0.2, 0) is 0 Å². The predicted molar refractivity (Wildman–Crippen MR) is 75.0 cm³/mol. The van der Waals surface area contributed by atoms with Crippen LogP contribution < -0.4 is 0 Å². The lowest BCUT2D eigenvalue weighted by Crippen LogP contribution is -2.38. The summed E-state index contributed by atoms with van der Waals surface area (Å²) in [6, 6.07) is 6.42. The van der Waals surface area contributed by atoms with Crippen molar-refractivity contribution in [1.29, 1.82) is 5.26 Å². The highest BCUT2D eigenvalue weighted by atomic mass is 79.9. The largest absolute Gasteiger partial charge is 0.339 e. The van der Waals surface area contributed by atoms with Crippen LogP contribution >= 0.6 is 15.9 Å². The van der Waals surface area contributed by atoms with Gasteiger partial charge < -0.3 is 4.90 Å². The number of hydrogen-bond acceptors (Lipinski definition) is 4. The second-order valence-corrected chi connectivity index (χ2v) is 5.57. The van der Waals surface area contributed by atoms with E-state index in [0.29, 0.717) is 36.0 Å². The van der Waals surface area contributed by atoms with Crippen molar-refractivity contribution in [3.8, 4) is 6.07 Å². The Hall–Kier alpha value is -1.94. The molecule has 1 saturated heterocycles. The quantitative estimate of drug-likeness (QED) is 0.613. The van der Waals surface area contributed by atoms with Crippen LogP contribution in [0.2, 0.25) is 0 Å². The fourth-order valence-corrected chi connectivity index (χ4v) is 2.68. The van der Waals surface area contributed by atoms with Crippen LogP contribution in [0.4, 0.5) is 5.69 Å². The Morgan fingerprint density at radius 1 is 1.40 bits per heavy atom. The van der Waals surface area contributed by atoms with Crippen molar-refractivity contribution in [2.45, 2.75) is 12.8 Å². The molecule has 0 atom stereocenters. The van der Waals surface area contributed by atoms with E-state index in [4.69, 9.17) is 5.26 Å². The molecule has 1 fully saturated rings. The number of benzene rings is 1. The second-order valence-electron chi connectivity index (χ2n) is 4.65. The van der Waals surface area contributed by atoms with E-state index in [9.17, 15) is 14.9 Å². The number of carbonyl (C=O) groups is 1. The van der Waals surface area contributed by atoms with Gasteiger partial charge in [0.15, 0.2) is 0 Å². The molecule has 20 heavy (non-hydrogen) atoms. The summed E-state index contributed by atoms with van der Waals surface area (Å²) in [7, 11) is 0. The Bertz CT molecular complexity index is 589. The van der Waals surface area contributed by atoms with Crippen molar-refractivity contribution in [2.24, 2.45) is 5.92 Å². The molecule has 0 saturated carbocycles. The fourth-order valence-electron chi connectivity index (χ4n) is 2.20. The SMILES string of the molecule is N#CC1CCN(C(=O)c2cc(Br)cc([N+](=O)[O-])c2)CC1. The van der Waals surface area contributed by atoms with Gasteiger partial charge in [0.2, 0.25) is 0 Å². The zero-order valence-electron chi connectivity index (χ0n) is 10.6. The van der Waals surface area contributed by atoms with Gasteiger partial charge in [-0.1, -0.05) is 15.9 Å². The maximum Gasteiger partial charge on any atom is 0.271 e. The van der Waals surface area contributed by atoms with Gasteiger partial charge >= 0.3 is 0 Å². The van der Waals surface area contributed by atoms with Gasteiger partial charge in [-0.05, 0) is 18.9 Å². The average Bonchev–Trinajstić information content (AvgIpc) is 2.46. The van der Waals surface area contributed by atoms with Gasteiger partial charge in [0.25, 0.3) is 11.6 Å². The summed E-state index contributed by atoms with van der Waals surface area (Å²) in [5.41, 5.74) is 0.177. The minimum atomic E-state index is -0.524. The van der Waals surface area contributed by atoms with E-state index in [1.807, 2.05) is 0 Å². The molecule has 0 aliphatic carbocycles. The summed E-state index contributed by atoms with van der Waals surface area (Å²) in [6.07, 6.45) is 1.30. The molecule has 1 heterocycles. The van der Waals surface area contributed by atoms with E-state index in [1.165, 1.54) is 12.1 Å². The van der Waals surface area contributed by atoms with Gasteiger partial charge in [-0.15, -0.1) is 0 Å². The Kier molecular flexibility index (Phi) is 4.35. The van der Waals surface area contributed by atoms with Crippen molar-refractivity contribution in [2.75, 3.05) is 13.1 Å². The lowest BCUT2D eigenvalue weighted by molar-refractivity contribution is -0.385. The number of rotatable bonds is 2. The number of hydrogen-bond donors (Lipinski definition) is 0. The highest BCUT2D eigenvalue weighted by Crippen LogP contribution is 2.24.